The number of hydrogen-bond donors (Lipinski definition) is 1. The highest BCUT2D eigenvalue weighted by molar-refractivity contribution is 5.99. The molecule has 1 aliphatic rings. The summed E-state index contributed by atoms with van der Waals surface area (Å²) in [6, 6.07) is 0. The molecule has 1 N–H and O–H groups in total. The van der Waals surface area contributed by atoms with Crippen LogP contribution >= 0.6 is 0 Å². The lowest BCUT2D eigenvalue weighted by atomic mass is 9.85. The van der Waals surface area contributed by atoms with Crippen molar-refractivity contribution in [1.82, 2.24) is 0 Å². The number of carbonyl (C=O) groups is 1. The van der Waals surface area contributed by atoms with Crippen LogP contribution in [0, 0.1) is 5.41 Å². The summed E-state index contributed by atoms with van der Waals surface area (Å²) in [6.07, 6.45) is 6.30. The quantitative estimate of drug-likeness (QED) is 0.743. The lowest BCUT2D eigenvalue weighted by Gasteiger charge is -2.19. The van der Waals surface area contributed by atoms with Gasteiger partial charge in [-0.05, 0) is 30.4 Å². The molecule has 0 bridgehead atoms. The Morgan fingerprint density at radius 2 is 2.12 bits per heavy atom. The summed E-state index contributed by atoms with van der Waals surface area (Å²) in [4.78, 5) is 11.6. The van der Waals surface area contributed by atoms with Gasteiger partial charge in [-0.1, -0.05) is 37.6 Å². The van der Waals surface area contributed by atoms with Gasteiger partial charge in [-0.15, -0.1) is 0 Å². The topological polar surface area (TPSA) is 37.3 Å². The van der Waals surface area contributed by atoms with Crippen molar-refractivity contribution in [1.29, 1.82) is 0 Å². The standard InChI is InChI=1S/C14H20O2/c1-10(7-8-15)5-6-12-11(2)13(16)9-14(12,3)4/h5-7,15H,8-9H2,1-4H3/b6-5-,10-7+. The summed E-state index contributed by atoms with van der Waals surface area (Å²) < 4.78 is 0. The molecule has 0 heterocycles. The van der Waals surface area contributed by atoms with Crippen molar-refractivity contribution in [2.75, 3.05) is 6.61 Å². The molecule has 88 valence electrons. The van der Waals surface area contributed by atoms with Crippen LogP contribution in [0.25, 0.3) is 0 Å². The number of carbonyl (C=O) groups excluding carboxylic acids is 1. The molecule has 0 aromatic carbocycles. The minimum absolute atomic E-state index is 0.0521. The highest BCUT2D eigenvalue weighted by Crippen LogP contribution is 2.40. The SMILES string of the molecule is CC1=C(/C=C\C(C)=C\CO)C(C)(C)CC1=O. The zero-order valence-corrected chi connectivity index (χ0v) is 10.5. The molecule has 1 aliphatic carbocycles. The van der Waals surface area contributed by atoms with Crippen molar-refractivity contribution in [2.45, 2.75) is 34.1 Å². The molecule has 16 heavy (non-hydrogen) atoms. The van der Waals surface area contributed by atoms with Gasteiger partial charge >= 0.3 is 0 Å². The Morgan fingerprint density at radius 3 is 2.56 bits per heavy atom. The lowest BCUT2D eigenvalue weighted by molar-refractivity contribution is -0.115. The van der Waals surface area contributed by atoms with E-state index < -0.39 is 0 Å². The minimum Gasteiger partial charge on any atom is -0.392 e. The van der Waals surface area contributed by atoms with Gasteiger partial charge < -0.3 is 5.11 Å². The van der Waals surface area contributed by atoms with E-state index in [9.17, 15) is 4.79 Å². The molecule has 0 saturated heterocycles. The van der Waals surface area contributed by atoms with Gasteiger partial charge in [0.2, 0.25) is 0 Å². The number of allylic oxidation sites excluding steroid dienone is 5. The van der Waals surface area contributed by atoms with E-state index in [2.05, 4.69) is 13.8 Å². The molecule has 0 unspecified atom stereocenters. The van der Waals surface area contributed by atoms with Crippen LogP contribution < -0.4 is 0 Å². The van der Waals surface area contributed by atoms with Gasteiger partial charge in [-0.3, -0.25) is 4.79 Å². The molecule has 0 aliphatic heterocycles. The predicted molar refractivity (Wildman–Crippen MR) is 66.1 cm³/mol. The van der Waals surface area contributed by atoms with Gasteiger partial charge in [0.05, 0.1) is 6.61 Å². The summed E-state index contributed by atoms with van der Waals surface area (Å²) in [5, 5.41) is 8.75. The second kappa shape index (κ2) is 4.79. The minimum atomic E-state index is -0.0584. The Morgan fingerprint density at radius 1 is 1.50 bits per heavy atom. The van der Waals surface area contributed by atoms with Gasteiger partial charge in [0.25, 0.3) is 0 Å². The largest absolute Gasteiger partial charge is 0.392 e. The number of aliphatic hydroxyl groups excluding tert-OH is 1. The molecule has 0 amide bonds. The fraction of sp³-hybridized carbons (Fsp3) is 0.500. The summed E-state index contributed by atoms with van der Waals surface area (Å²) in [7, 11) is 0. The molecule has 0 aromatic rings. The van der Waals surface area contributed by atoms with Crippen molar-refractivity contribution < 1.29 is 9.90 Å². The van der Waals surface area contributed by atoms with Crippen LogP contribution in [0.15, 0.2) is 34.9 Å². The van der Waals surface area contributed by atoms with Crippen molar-refractivity contribution >= 4 is 5.78 Å². The van der Waals surface area contributed by atoms with E-state index in [1.54, 1.807) is 6.08 Å². The third-order valence-electron chi connectivity index (χ3n) is 3.08. The molecule has 2 nitrogen and oxygen atoms in total. The first-order valence-electron chi connectivity index (χ1n) is 5.59. The second-order valence-electron chi connectivity index (χ2n) is 4.99. The third kappa shape index (κ3) is 2.70. The number of hydrogen-bond acceptors (Lipinski definition) is 2. The van der Waals surface area contributed by atoms with Crippen LogP contribution in [0.1, 0.15) is 34.1 Å². The van der Waals surface area contributed by atoms with Crippen LogP contribution in [0.4, 0.5) is 0 Å². The van der Waals surface area contributed by atoms with Gasteiger partial charge in [0, 0.05) is 6.42 Å². The molecule has 0 radical (unpaired) electrons. The summed E-state index contributed by atoms with van der Waals surface area (Å²) in [5.41, 5.74) is 2.94. The monoisotopic (exact) mass is 220 g/mol. The van der Waals surface area contributed by atoms with Crippen LogP contribution in [0.2, 0.25) is 0 Å². The van der Waals surface area contributed by atoms with Crippen LogP contribution in [0.3, 0.4) is 0 Å². The van der Waals surface area contributed by atoms with E-state index in [0.29, 0.717) is 6.42 Å². The van der Waals surface area contributed by atoms with E-state index in [4.69, 9.17) is 5.11 Å². The number of ketones is 1. The summed E-state index contributed by atoms with van der Waals surface area (Å²) in [6.45, 7) is 8.06. The Labute approximate surface area is 97.4 Å². The van der Waals surface area contributed by atoms with Gasteiger partial charge in [0.1, 0.15) is 0 Å². The molecule has 2 heteroatoms. The van der Waals surface area contributed by atoms with Crippen molar-refractivity contribution in [3.8, 4) is 0 Å². The number of rotatable bonds is 3. The zero-order chi connectivity index (χ0) is 12.3. The molecule has 0 saturated carbocycles. The van der Waals surface area contributed by atoms with Gasteiger partial charge in [0.15, 0.2) is 5.78 Å². The maximum Gasteiger partial charge on any atom is 0.159 e. The Balaban J connectivity index is 2.96. The van der Waals surface area contributed by atoms with E-state index in [0.717, 1.165) is 16.7 Å². The Kier molecular flexibility index (Phi) is 3.87. The van der Waals surface area contributed by atoms with Crippen LogP contribution in [-0.2, 0) is 4.79 Å². The average molecular weight is 220 g/mol. The van der Waals surface area contributed by atoms with Gasteiger partial charge in [-0.25, -0.2) is 0 Å². The smallest absolute Gasteiger partial charge is 0.159 e. The molecular weight excluding hydrogens is 200 g/mol. The Hall–Kier alpha value is -1.15. The molecular formula is C14H20O2. The first-order chi connectivity index (χ1) is 7.38. The summed E-state index contributed by atoms with van der Waals surface area (Å²) >= 11 is 0. The fourth-order valence-corrected chi connectivity index (χ4v) is 2.06. The van der Waals surface area contributed by atoms with E-state index in [1.807, 2.05) is 26.0 Å². The Bertz CT molecular complexity index is 382. The van der Waals surface area contributed by atoms with Crippen molar-refractivity contribution in [3.05, 3.63) is 34.9 Å². The van der Waals surface area contributed by atoms with Crippen LogP contribution in [0.5, 0.6) is 0 Å². The maximum absolute atomic E-state index is 11.6. The average Bonchev–Trinajstić information content (AvgIpc) is 2.34. The first kappa shape index (κ1) is 12.9. The van der Waals surface area contributed by atoms with Crippen LogP contribution in [-0.4, -0.2) is 17.5 Å². The number of Topliss-reactive ketones (excluding diaryl/α,β-unsaturated/α-hetero) is 1. The number of aliphatic hydroxyl groups is 1. The molecule has 0 fully saturated rings. The highest BCUT2D eigenvalue weighted by atomic mass is 16.2. The zero-order valence-electron chi connectivity index (χ0n) is 10.5. The maximum atomic E-state index is 11.6. The van der Waals surface area contributed by atoms with E-state index in [-0.39, 0.29) is 17.8 Å². The highest BCUT2D eigenvalue weighted by Gasteiger charge is 2.34. The van der Waals surface area contributed by atoms with E-state index >= 15 is 0 Å². The third-order valence-corrected chi connectivity index (χ3v) is 3.08. The molecule has 0 atom stereocenters. The lowest BCUT2D eigenvalue weighted by Crippen LogP contribution is -2.09. The second-order valence-corrected chi connectivity index (χ2v) is 4.99. The van der Waals surface area contributed by atoms with Gasteiger partial charge in [-0.2, -0.15) is 0 Å². The molecule has 1 rings (SSSR count). The normalized spacial score (nSPS) is 21.3. The first-order valence-corrected chi connectivity index (χ1v) is 5.59. The van der Waals surface area contributed by atoms with E-state index in [1.165, 1.54) is 0 Å². The predicted octanol–water partition coefficient (Wildman–Crippen LogP) is 2.80. The molecule has 0 aromatic heterocycles. The summed E-state index contributed by atoms with van der Waals surface area (Å²) in [5.74, 6) is 0.244. The molecule has 0 spiro atoms. The van der Waals surface area contributed by atoms with Crippen molar-refractivity contribution in [2.24, 2.45) is 5.41 Å². The fourth-order valence-electron chi connectivity index (χ4n) is 2.06. The van der Waals surface area contributed by atoms with Crippen molar-refractivity contribution in [3.63, 3.8) is 0 Å².